The molecule has 1 aliphatic rings. The van der Waals surface area contributed by atoms with Crippen molar-refractivity contribution in [3.63, 3.8) is 0 Å². The molecular weight excluding hydrogens is 685 g/mol. The van der Waals surface area contributed by atoms with Gasteiger partial charge in [-0.05, 0) is 116 Å². The van der Waals surface area contributed by atoms with E-state index in [1.54, 1.807) is 0 Å². The molecule has 1 aliphatic carbocycles. The summed E-state index contributed by atoms with van der Waals surface area (Å²) in [6.07, 6.45) is 0. The van der Waals surface area contributed by atoms with Crippen LogP contribution in [0.15, 0.2) is 206 Å². The van der Waals surface area contributed by atoms with Crippen LogP contribution in [0.4, 0.5) is 0 Å². The van der Waals surface area contributed by atoms with Crippen LogP contribution in [0, 0.1) is 0 Å². The predicted octanol–water partition coefficient (Wildman–Crippen LogP) is 15.8. The second kappa shape index (κ2) is 13.0. The van der Waals surface area contributed by atoms with Crippen LogP contribution in [0.25, 0.3) is 99.1 Å². The topological polar surface area (TPSA) is 0 Å². The number of hydrogen-bond donors (Lipinski definition) is 0. The third-order valence-corrected chi connectivity index (χ3v) is 12.5. The van der Waals surface area contributed by atoms with E-state index < -0.39 is 0 Å². The van der Waals surface area contributed by atoms with Gasteiger partial charge in [-0.2, -0.15) is 0 Å². The average Bonchev–Trinajstić information content (AvgIpc) is 3.51. The molecule has 0 heterocycles. The Hall–Kier alpha value is -7.02. The Morgan fingerprint density at radius 3 is 1.23 bits per heavy atom. The van der Waals surface area contributed by atoms with Gasteiger partial charge < -0.3 is 0 Å². The summed E-state index contributed by atoms with van der Waals surface area (Å²) in [7, 11) is 0. The SMILES string of the molecule is CC1(C)c2cc(-c3ccc(-c4ccccc4)cc3)ccc2-c2c1ccc1c(-c3c4ccccc4c(-c4ccc(-c5ccccc5)cc4)c4ccccc34)cccc21. The Morgan fingerprint density at radius 2 is 0.667 bits per heavy atom. The Labute approximate surface area is 334 Å². The Morgan fingerprint density at radius 1 is 0.246 bits per heavy atom. The van der Waals surface area contributed by atoms with Crippen molar-refractivity contribution >= 4 is 32.3 Å². The van der Waals surface area contributed by atoms with Gasteiger partial charge in [-0.25, -0.2) is 0 Å². The molecule has 0 aliphatic heterocycles. The van der Waals surface area contributed by atoms with Gasteiger partial charge in [0.15, 0.2) is 0 Å². The molecule has 0 amide bonds. The molecule has 10 aromatic carbocycles. The monoisotopic (exact) mass is 724 g/mol. The molecule has 10 aromatic rings. The van der Waals surface area contributed by atoms with Gasteiger partial charge in [0, 0.05) is 5.41 Å². The van der Waals surface area contributed by atoms with Gasteiger partial charge >= 0.3 is 0 Å². The van der Waals surface area contributed by atoms with Crippen molar-refractivity contribution in [1.29, 1.82) is 0 Å². The largest absolute Gasteiger partial charge is 0.0622 e. The maximum Gasteiger partial charge on any atom is 0.0159 e. The van der Waals surface area contributed by atoms with E-state index in [1.165, 1.54) is 110 Å². The Balaban J connectivity index is 1.06. The zero-order valence-electron chi connectivity index (χ0n) is 32.1. The van der Waals surface area contributed by atoms with E-state index >= 15 is 0 Å². The first-order chi connectivity index (χ1) is 28.0. The fraction of sp³-hybridized carbons (Fsp3) is 0.0526. The zero-order chi connectivity index (χ0) is 38.1. The highest BCUT2D eigenvalue weighted by molar-refractivity contribution is 6.24. The molecule has 0 N–H and O–H groups in total. The number of rotatable bonds is 5. The van der Waals surface area contributed by atoms with Crippen LogP contribution in [-0.2, 0) is 5.41 Å². The fourth-order valence-corrected chi connectivity index (χ4v) is 9.67. The van der Waals surface area contributed by atoms with E-state index in [2.05, 4.69) is 220 Å². The van der Waals surface area contributed by atoms with E-state index in [9.17, 15) is 0 Å². The molecule has 0 radical (unpaired) electrons. The van der Waals surface area contributed by atoms with E-state index in [-0.39, 0.29) is 5.41 Å². The second-order valence-electron chi connectivity index (χ2n) is 16.0. The van der Waals surface area contributed by atoms with Gasteiger partial charge in [-0.3, -0.25) is 0 Å². The van der Waals surface area contributed by atoms with E-state index in [0.29, 0.717) is 0 Å². The Bertz CT molecular complexity index is 3090. The number of fused-ring (bicyclic) bond motifs is 7. The van der Waals surface area contributed by atoms with Crippen molar-refractivity contribution in [3.05, 3.63) is 217 Å². The summed E-state index contributed by atoms with van der Waals surface area (Å²) in [5.41, 5.74) is 17.9. The van der Waals surface area contributed by atoms with Gasteiger partial charge in [0.2, 0.25) is 0 Å². The van der Waals surface area contributed by atoms with Crippen LogP contribution in [0.3, 0.4) is 0 Å². The Kier molecular flexibility index (Phi) is 7.63. The van der Waals surface area contributed by atoms with Crippen LogP contribution in [0.5, 0.6) is 0 Å². The van der Waals surface area contributed by atoms with Gasteiger partial charge in [0.25, 0.3) is 0 Å². The lowest BCUT2D eigenvalue weighted by Gasteiger charge is -2.23. The van der Waals surface area contributed by atoms with Crippen molar-refractivity contribution in [3.8, 4) is 66.8 Å². The van der Waals surface area contributed by atoms with E-state index in [0.717, 1.165) is 0 Å². The lowest BCUT2D eigenvalue weighted by molar-refractivity contribution is 0.661. The highest BCUT2D eigenvalue weighted by atomic mass is 14.4. The first kappa shape index (κ1) is 33.3. The summed E-state index contributed by atoms with van der Waals surface area (Å²) in [4.78, 5) is 0. The minimum absolute atomic E-state index is 0.133. The third-order valence-electron chi connectivity index (χ3n) is 12.5. The van der Waals surface area contributed by atoms with Gasteiger partial charge in [0.1, 0.15) is 0 Å². The number of hydrogen-bond acceptors (Lipinski definition) is 0. The summed E-state index contributed by atoms with van der Waals surface area (Å²) < 4.78 is 0. The third kappa shape index (κ3) is 5.29. The quantitative estimate of drug-likeness (QED) is 0.155. The van der Waals surface area contributed by atoms with E-state index in [4.69, 9.17) is 0 Å². The lowest BCUT2D eigenvalue weighted by Crippen LogP contribution is -2.15. The van der Waals surface area contributed by atoms with Crippen LogP contribution < -0.4 is 0 Å². The molecular formula is C57H40. The summed E-state index contributed by atoms with van der Waals surface area (Å²) in [6.45, 7) is 4.78. The molecule has 0 heteroatoms. The first-order valence-electron chi connectivity index (χ1n) is 20.0. The molecule has 0 bridgehead atoms. The lowest BCUT2D eigenvalue weighted by atomic mass is 9.80. The van der Waals surface area contributed by atoms with Gasteiger partial charge in [-0.1, -0.05) is 214 Å². The van der Waals surface area contributed by atoms with Crippen LogP contribution in [-0.4, -0.2) is 0 Å². The minimum Gasteiger partial charge on any atom is -0.0622 e. The second-order valence-corrected chi connectivity index (χ2v) is 16.0. The molecule has 0 atom stereocenters. The van der Waals surface area contributed by atoms with Crippen LogP contribution in [0.2, 0.25) is 0 Å². The van der Waals surface area contributed by atoms with Gasteiger partial charge in [-0.15, -0.1) is 0 Å². The normalized spacial score (nSPS) is 12.9. The molecule has 0 unspecified atom stereocenters. The maximum atomic E-state index is 2.44. The van der Waals surface area contributed by atoms with Crippen molar-refractivity contribution in [2.24, 2.45) is 0 Å². The molecule has 0 saturated carbocycles. The fourth-order valence-electron chi connectivity index (χ4n) is 9.67. The highest BCUT2D eigenvalue weighted by Gasteiger charge is 2.37. The molecule has 0 aromatic heterocycles. The molecule has 57 heavy (non-hydrogen) atoms. The number of benzene rings is 10. The summed E-state index contributed by atoms with van der Waals surface area (Å²) in [5, 5.41) is 7.69. The van der Waals surface area contributed by atoms with E-state index in [1.807, 2.05) is 0 Å². The minimum atomic E-state index is -0.133. The van der Waals surface area contributed by atoms with Crippen LogP contribution in [0.1, 0.15) is 25.0 Å². The van der Waals surface area contributed by atoms with Crippen LogP contribution >= 0.6 is 0 Å². The summed E-state index contributed by atoms with van der Waals surface area (Å²) in [5.74, 6) is 0. The predicted molar refractivity (Wildman–Crippen MR) is 244 cm³/mol. The zero-order valence-corrected chi connectivity index (χ0v) is 32.1. The smallest absolute Gasteiger partial charge is 0.0159 e. The van der Waals surface area contributed by atoms with Crippen molar-refractivity contribution in [2.75, 3.05) is 0 Å². The molecule has 11 rings (SSSR count). The summed E-state index contributed by atoms with van der Waals surface area (Å²) in [6, 6.07) is 76.2. The van der Waals surface area contributed by atoms with Crippen molar-refractivity contribution < 1.29 is 0 Å². The molecule has 0 nitrogen and oxygen atoms in total. The molecule has 0 spiro atoms. The van der Waals surface area contributed by atoms with Crippen molar-refractivity contribution in [1.82, 2.24) is 0 Å². The molecule has 268 valence electrons. The standard InChI is InChI=1S/C57H40/c1-57(2)52-35-34-44-45(22-13-23-46(44)56(52)51-33-32-43(36-53(51)57)41-26-24-39(25-27-41)37-14-5-3-6-15-37)55-49-20-11-9-18-47(49)54(48-19-10-12-21-50(48)55)42-30-28-40(29-31-42)38-16-7-4-8-17-38/h3-36H,1-2H3. The molecule has 0 saturated heterocycles. The first-order valence-corrected chi connectivity index (χ1v) is 20.0. The highest BCUT2D eigenvalue weighted by Crippen LogP contribution is 2.54. The average molecular weight is 725 g/mol. The van der Waals surface area contributed by atoms with Crippen molar-refractivity contribution in [2.45, 2.75) is 19.3 Å². The molecule has 0 fully saturated rings. The van der Waals surface area contributed by atoms with Gasteiger partial charge in [0.05, 0.1) is 0 Å². The maximum absolute atomic E-state index is 2.44. The summed E-state index contributed by atoms with van der Waals surface area (Å²) >= 11 is 0.